The molecule has 4 aromatic carbocycles. The van der Waals surface area contributed by atoms with Gasteiger partial charge in [0, 0.05) is 32.4 Å². The highest BCUT2D eigenvalue weighted by atomic mass is 28.4. The van der Waals surface area contributed by atoms with Gasteiger partial charge in [-0.3, -0.25) is 0 Å². The number of hydrogen-bond acceptors (Lipinski definition) is 10. The number of ether oxygens (including phenoxy) is 7. The van der Waals surface area contributed by atoms with Crippen molar-refractivity contribution >= 4 is 47.1 Å². The molecule has 5 atom stereocenters. The molecule has 408 valence electrons. The van der Waals surface area contributed by atoms with Crippen LogP contribution in [0.2, 0.25) is 48.9 Å². The van der Waals surface area contributed by atoms with Crippen LogP contribution in [-0.2, 0) is 39.1 Å². The zero-order valence-corrected chi connectivity index (χ0v) is 51.3. The molecule has 1 saturated heterocycles. The van der Waals surface area contributed by atoms with Gasteiger partial charge < -0.3 is 42.0 Å². The fourth-order valence-corrected chi connectivity index (χ4v) is 15.6. The Morgan fingerprint density at radius 3 is 1.97 bits per heavy atom. The number of hydrogen-bond donors (Lipinski definition) is 0. The lowest BCUT2D eigenvalue weighted by Crippen LogP contribution is -2.67. The van der Waals surface area contributed by atoms with Crippen molar-refractivity contribution in [1.29, 1.82) is 0 Å². The van der Waals surface area contributed by atoms with Crippen LogP contribution in [-0.4, -0.2) is 95.1 Å². The number of benzene rings is 4. The summed E-state index contributed by atoms with van der Waals surface area (Å²) in [5.41, 5.74) is 2.46. The zero-order chi connectivity index (χ0) is 55.2. The van der Waals surface area contributed by atoms with Crippen LogP contribution in [0.15, 0.2) is 115 Å². The van der Waals surface area contributed by atoms with Gasteiger partial charge in [-0.1, -0.05) is 177 Å². The smallest absolute Gasteiger partial charge is 0.342 e. The van der Waals surface area contributed by atoms with Gasteiger partial charge in [-0.25, -0.2) is 4.79 Å². The molecular weight excluding hydrogens is 989 g/mol. The molecule has 13 heteroatoms. The van der Waals surface area contributed by atoms with Crippen molar-refractivity contribution in [1.82, 2.24) is 0 Å². The molecule has 0 aliphatic carbocycles. The summed E-state index contributed by atoms with van der Waals surface area (Å²) in [6.45, 7) is 34.1. The van der Waals surface area contributed by atoms with Crippen molar-refractivity contribution in [3.8, 4) is 23.3 Å². The maximum atomic E-state index is 14.3. The third-order valence-corrected chi connectivity index (χ3v) is 25.5. The van der Waals surface area contributed by atoms with Gasteiger partial charge in [0.1, 0.15) is 29.8 Å². The second kappa shape index (κ2) is 26.6. The number of esters is 1. The first-order valence-corrected chi connectivity index (χ1v) is 35.1. The van der Waals surface area contributed by atoms with Crippen LogP contribution in [0.5, 0.6) is 11.5 Å². The van der Waals surface area contributed by atoms with Crippen molar-refractivity contribution in [3.05, 3.63) is 138 Å². The number of carbonyl (C=O) groups is 1. The highest BCUT2D eigenvalue weighted by molar-refractivity contribution is 6.99. The summed E-state index contributed by atoms with van der Waals surface area (Å²) in [4.78, 5) is 14.3. The average molecular weight is 1080 g/mol. The van der Waals surface area contributed by atoms with Crippen molar-refractivity contribution < 1.29 is 46.8 Å². The molecule has 0 amide bonds. The monoisotopic (exact) mass is 1080 g/mol. The first kappa shape index (κ1) is 61.3. The second-order valence-corrected chi connectivity index (χ2v) is 38.5. The fraction of sp³-hybridized carbons (Fsp3) is 0.500. The Kier molecular flexibility index (Phi) is 21.8. The standard InChI is InChI=1S/C62H88O10Si3/c1-46(47(2)71-75(61(6,7)8,51-27-20-18-21-28-51)52-29-22-19-23-30-52)33-39-56(72-74(16,17)60(3,4)5)58-55(69-62(9,10)70-58)32-24-31-53-49(26-25-41-66-44-48-34-37-50(65-12)38-35-48)36-40-54(68-45-64-11)57(53)59(63)67-42-43-73(13,14)15/h18-24,27-31,33-40,46-47,55-56,58H,32,41-45H2,1-17H3/b31-24+,39-33-/t46-,47+,55+,56?,58+/m1/s1. The lowest BCUT2D eigenvalue weighted by Gasteiger charge is -2.45. The highest BCUT2D eigenvalue weighted by Crippen LogP contribution is 2.42. The maximum absolute atomic E-state index is 14.3. The largest absolute Gasteiger partial charge is 0.497 e. The van der Waals surface area contributed by atoms with Gasteiger partial charge in [-0.15, -0.1) is 0 Å². The van der Waals surface area contributed by atoms with E-state index in [0.717, 1.165) is 17.4 Å². The summed E-state index contributed by atoms with van der Waals surface area (Å²) in [6, 6.07) is 33.7. The molecule has 5 rings (SSSR count). The van der Waals surface area contributed by atoms with E-state index in [-0.39, 0.29) is 41.1 Å². The van der Waals surface area contributed by atoms with E-state index in [9.17, 15) is 4.79 Å². The van der Waals surface area contributed by atoms with Gasteiger partial charge in [-0.2, -0.15) is 0 Å². The molecule has 0 aromatic heterocycles. The van der Waals surface area contributed by atoms with Gasteiger partial charge in [0.05, 0.1) is 32.5 Å². The molecule has 0 radical (unpaired) electrons. The molecule has 0 bridgehead atoms. The highest BCUT2D eigenvalue weighted by Gasteiger charge is 2.52. The van der Waals surface area contributed by atoms with Crippen LogP contribution in [0.3, 0.4) is 0 Å². The molecule has 0 spiro atoms. The molecule has 1 aliphatic heterocycles. The summed E-state index contributed by atoms with van der Waals surface area (Å²) in [5, 5.41) is 2.24. The van der Waals surface area contributed by atoms with Crippen LogP contribution in [0.25, 0.3) is 6.08 Å². The Bertz CT molecular complexity index is 2510. The molecule has 1 aliphatic rings. The summed E-state index contributed by atoms with van der Waals surface area (Å²) in [6.07, 6.45) is 7.35. The van der Waals surface area contributed by atoms with Gasteiger partial charge in [0.2, 0.25) is 0 Å². The Hall–Kier alpha value is -4.60. The van der Waals surface area contributed by atoms with Gasteiger partial charge in [-0.05, 0) is 103 Å². The Balaban J connectivity index is 1.51. The topological polar surface area (TPSA) is 100 Å². The molecule has 1 unspecified atom stereocenters. The van der Waals surface area contributed by atoms with Crippen LogP contribution < -0.4 is 19.8 Å². The molecule has 4 aromatic rings. The van der Waals surface area contributed by atoms with Gasteiger partial charge in [0.15, 0.2) is 20.9 Å². The molecular formula is C62H88O10Si3. The molecule has 1 fully saturated rings. The number of methoxy groups -OCH3 is 2. The van der Waals surface area contributed by atoms with Crippen LogP contribution in [0.1, 0.15) is 103 Å². The number of carbonyl (C=O) groups excluding carboxylic acids is 1. The minimum atomic E-state index is -2.83. The van der Waals surface area contributed by atoms with E-state index < -0.39 is 54.8 Å². The Morgan fingerprint density at radius 1 is 0.787 bits per heavy atom. The van der Waals surface area contributed by atoms with Crippen molar-refractivity contribution in [2.24, 2.45) is 5.92 Å². The Labute approximate surface area is 454 Å². The third-order valence-electron chi connectivity index (χ3n) is 14.2. The normalized spacial score (nSPS) is 17.6. The quantitative estimate of drug-likeness (QED) is 0.0168. The summed E-state index contributed by atoms with van der Waals surface area (Å²) in [5.74, 6) is 6.20. The fourth-order valence-electron chi connectivity index (χ4n) is 8.83. The van der Waals surface area contributed by atoms with E-state index in [1.807, 2.05) is 56.3 Å². The predicted octanol–water partition coefficient (Wildman–Crippen LogP) is 13.2. The van der Waals surface area contributed by atoms with Crippen molar-refractivity contribution in [3.63, 3.8) is 0 Å². The van der Waals surface area contributed by atoms with Crippen molar-refractivity contribution in [2.75, 3.05) is 34.2 Å². The van der Waals surface area contributed by atoms with E-state index in [0.29, 0.717) is 36.5 Å². The second-order valence-electron chi connectivity index (χ2n) is 23.9. The van der Waals surface area contributed by atoms with Gasteiger partial charge in [0.25, 0.3) is 8.32 Å². The maximum Gasteiger partial charge on any atom is 0.342 e. The van der Waals surface area contributed by atoms with Crippen LogP contribution in [0.4, 0.5) is 0 Å². The summed E-state index contributed by atoms with van der Waals surface area (Å²) >= 11 is 0. The molecule has 0 N–H and O–H groups in total. The van der Waals surface area contributed by atoms with Gasteiger partial charge >= 0.3 is 5.97 Å². The van der Waals surface area contributed by atoms with E-state index in [1.165, 1.54) is 10.4 Å². The SMILES string of the molecule is COCOc1ccc(C#CCOCc2ccc(OC)cc2)c(/C=C/C[C@@H]2OC(C)(C)O[C@@H]2C(/C=C\[C@@H](C)[C@H](C)O[Si](c2ccccc2)(c2ccccc2)C(C)(C)C)O[Si](C)(C)C(C)(C)C)c1C(=O)OCC[Si](C)(C)C. The Morgan fingerprint density at radius 2 is 1.41 bits per heavy atom. The first-order chi connectivity index (χ1) is 35.2. The third kappa shape index (κ3) is 16.9. The van der Waals surface area contributed by atoms with Crippen molar-refractivity contribution in [2.45, 2.75) is 161 Å². The first-order valence-electron chi connectivity index (χ1n) is 26.5. The van der Waals surface area contributed by atoms with E-state index in [1.54, 1.807) is 20.3 Å². The van der Waals surface area contributed by atoms with E-state index in [4.69, 9.17) is 42.0 Å². The molecule has 75 heavy (non-hydrogen) atoms. The molecule has 0 saturated carbocycles. The average Bonchev–Trinajstić information content (AvgIpc) is 3.66. The molecule has 1 heterocycles. The van der Waals surface area contributed by atoms with E-state index >= 15 is 0 Å². The minimum absolute atomic E-state index is 0.00902. The lowest BCUT2D eigenvalue weighted by molar-refractivity contribution is -0.151. The van der Waals surface area contributed by atoms with Crippen LogP contribution in [0, 0.1) is 17.8 Å². The predicted molar refractivity (Wildman–Crippen MR) is 313 cm³/mol. The lowest BCUT2D eigenvalue weighted by atomic mass is 9.97. The van der Waals surface area contributed by atoms with E-state index in [2.05, 4.69) is 173 Å². The zero-order valence-electron chi connectivity index (χ0n) is 48.3. The number of rotatable bonds is 24. The summed E-state index contributed by atoms with van der Waals surface area (Å²) in [7, 11) is -3.55. The van der Waals surface area contributed by atoms with Crippen LogP contribution >= 0.6 is 0 Å². The minimum Gasteiger partial charge on any atom is -0.497 e. The molecule has 10 nitrogen and oxygen atoms in total. The summed E-state index contributed by atoms with van der Waals surface area (Å²) < 4.78 is 57.2.